The van der Waals surface area contributed by atoms with Gasteiger partial charge in [-0.1, -0.05) is 75.0 Å². The van der Waals surface area contributed by atoms with Gasteiger partial charge in [-0.3, -0.25) is 9.36 Å². The van der Waals surface area contributed by atoms with E-state index in [-0.39, 0.29) is 17.1 Å². The number of hydrogen-bond donors (Lipinski definition) is 2. The van der Waals surface area contributed by atoms with Crippen molar-refractivity contribution < 1.29 is 9.53 Å². The number of hydrogen-bond acceptors (Lipinski definition) is 6. The molecular formula is C30H30N6O2S. The molecule has 0 radical (unpaired) electrons. The van der Waals surface area contributed by atoms with Crippen LogP contribution in [0.1, 0.15) is 31.9 Å². The molecule has 0 atom stereocenters. The van der Waals surface area contributed by atoms with Crippen LogP contribution in [0.5, 0.6) is 5.75 Å². The fourth-order valence-electron chi connectivity index (χ4n) is 4.17. The van der Waals surface area contributed by atoms with Gasteiger partial charge < -0.3 is 9.72 Å². The summed E-state index contributed by atoms with van der Waals surface area (Å²) in [6.07, 6.45) is 3.50. The van der Waals surface area contributed by atoms with Crippen LogP contribution >= 0.6 is 11.8 Å². The number of rotatable bonds is 8. The van der Waals surface area contributed by atoms with Crippen LogP contribution in [0.3, 0.4) is 0 Å². The van der Waals surface area contributed by atoms with Crippen LogP contribution in [0.2, 0.25) is 0 Å². The van der Waals surface area contributed by atoms with Crippen molar-refractivity contribution in [1.82, 2.24) is 25.2 Å². The van der Waals surface area contributed by atoms with Crippen LogP contribution in [0, 0.1) is 0 Å². The highest BCUT2D eigenvalue weighted by molar-refractivity contribution is 7.99. The molecule has 0 fully saturated rings. The molecular weight excluding hydrogens is 508 g/mol. The molecule has 39 heavy (non-hydrogen) atoms. The van der Waals surface area contributed by atoms with Gasteiger partial charge in [0, 0.05) is 33.9 Å². The van der Waals surface area contributed by atoms with Gasteiger partial charge in [0.25, 0.3) is 5.91 Å². The summed E-state index contributed by atoms with van der Waals surface area (Å²) in [7, 11) is 1.64. The molecule has 0 saturated heterocycles. The minimum absolute atomic E-state index is 0.0488. The maximum absolute atomic E-state index is 12.6. The minimum Gasteiger partial charge on any atom is -0.497 e. The lowest BCUT2D eigenvalue weighted by Crippen LogP contribution is -2.20. The molecule has 9 heteroatoms. The second-order valence-corrected chi connectivity index (χ2v) is 11.0. The maximum atomic E-state index is 12.6. The second-order valence-electron chi connectivity index (χ2n) is 10.0. The molecule has 2 N–H and O–H groups in total. The van der Waals surface area contributed by atoms with Crippen molar-refractivity contribution in [2.45, 2.75) is 31.3 Å². The number of para-hydroxylation sites is 1. The normalized spacial score (nSPS) is 11.8. The number of carbonyl (C=O) groups is 1. The summed E-state index contributed by atoms with van der Waals surface area (Å²) in [4.78, 5) is 15.8. The monoisotopic (exact) mass is 538 g/mol. The Morgan fingerprint density at radius 1 is 1.05 bits per heavy atom. The van der Waals surface area contributed by atoms with Crippen LogP contribution in [0.4, 0.5) is 0 Å². The fraction of sp³-hybridized carbons (Fsp3) is 0.200. The highest BCUT2D eigenvalue weighted by atomic mass is 32.2. The highest BCUT2D eigenvalue weighted by Gasteiger charge is 2.19. The Bertz CT molecular complexity index is 1610. The van der Waals surface area contributed by atoms with Gasteiger partial charge in [-0.2, -0.15) is 5.10 Å². The zero-order valence-corrected chi connectivity index (χ0v) is 23.1. The molecule has 0 aliphatic carbocycles. The number of amides is 1. The van der Waals surface area contributed by atoms with Crippen LogP contribution in [-0.2, 0) is 10.2 Å². The van der Waals surface area contributed by atoms with Gasteiger partial charge in [-0.15, -0.1) is 10.2 Å². The van der Waals surface area contributed by atoms with Gasteiger partial charge in [-0.25, -0.2) is 5.43 Å². The average molecular weight is 539 g/mol. The van der Waals surface area contributed by atoms with E-state index in [0.717, 1.165) is 33.5 Å². The van der Waals surface area contributed by atoms with Gasteiger partial charge in [-0.05, 0) is 41.3 Å². The summed E-state index contributed by atoms with van der Waals surface area (Å²) >= 11 is 1.30. The van der Waals surface area contributed by atoms with E-state index in [9.17, 15) is 4.79 Å². The number of H-pyrrole nitrogens is 1. The smallest absolute Gasteiger partial charge is 0.250 e. The predicted molar refractivity (Wildman–Crippen MR) is 157 cm³/mol. The van der Waals surface area contributed by atoms with E-state index >= 15 is 0 Å². The summed E-state index contributed by atoms with van der Waals surface area (Å²) in [5.41, 5.74) is 7.62. The van der Waals surface area contributed by atoms with Gasteiger partial charge in [0.15, 0.2) is 11.0 Å². The average Bonchev–Trinajstić information content (AvgIpc) is 3.56. The van der Waals surface area contributed by atoms with Gasteiger partial charge in [0.2, 0.25) is 0 Å². The minimum atomic E-state index is -0.239. The highest BCUT2D eigenvalue weighted by Crippen LogP contribution is 2.30. The SMILES string of the molecule is COc1ccc(-n2c(SCC(=O)N/N=C/c3c[nH]c4ccccc34)nnc2-c2ccc(C(C)(C)C)cc2)cc1. The molecule has 0 unspecified atom stereocenters. The molecule has 5 aromatic rings. The van der Waals surface area contributed by atoms with Gasteiger partial charge in [0.1, 0.15) is 5.75 Å². The summed E-state index contributed by atoms with van der Waals surface area (Å²) in [6, 6.07) is 24.0. The molecule has 3 aromatic carbocycles. The lowest BCUT2D eigenvalue weighted by Gasteiger charge is -2.19. The molecule has 2 aromatic heterocycles. The van der Waals surface area contributed by atoms with E-state index in [1.54, 1.807) is 13.3 Å². The summed E-state index contributed by atoms with van der Waals surface area (Å²) in [5, 5.41) is 14.7. The molecule has 5 rings (SSSR count). The number of ether oxygens (including phenoxy) is 1. The molecule has 0 aliphatic heterocycles. The third-order valence-electron chi connectivity index (χ3n) is 6.32. The number of carbonyl (C=O) groups excluding carboxylic acids is 1. The lowest BCUT2D eigenvalue weighted by molar-refractivity contribution is -0.118. The van der Waals surface area contributed by atoms with Crippen molar-refractivity contribution in [1.29, 1.82) is 0 Å². The largest absolute Gasteiger partial charge is 0.497 e. The Kier molecular flexibility index (Phi) is 7.51. The van der Waals surface area contributed by atoms with Crippen LogP contribution < -0.4 is 10.2 Å². The number of aromatic amines is 1. The number of hydrazone groups is 1. The standard InChI is InChI=1S/C30H30N6O2S/c1-30(2,3)22-11-9-20(10-12-22)28-34-35-29(36(28)23-13-15-24(38-4)16-14-23)39-19-27(37)33-32-18-21-17-31-26-8-6-5-7-25(21)26/h5-18,31H,19H2,1-4H3,(H,33,37)/b32-18+. The third-order valence-corrected chi connectivity index (χ3v) is 7.25. The van der Waals surface area contributed by atoms with Gasteiger partial charge >= 0.3 is 0 Å². The first-order valence-electron chi connectivity index (χ1n) is 12.5. The number of aromatic nitrogens is 4. The zero-order chi connectivity index (χ0) is 27.4. The lowest BCUT2D eigenvalue weighted by atomic mass is 9.87. The van der Waals surface area contributed by atoms with Crippen molar-refractivity contribution in [3.63, 3.8) is 0 Å². The molecule has 2 heterocycles. The Labute approximate surface area is 231 Å². The molecule has 0 spiro atoms. The van der Waals surface area contributed by atoms with E-state index in [4.69, 9.17) is 4.74 Å². The zero-order valence-electron chi connectivity index (χ0n) is 22.3. The van der Waals surface area contributed by atoms with Crippen molar-refractivity contribution >= 4 is 34.8 Å². The number of benzene rings is 3. The number of fused-ring (bicyclic) bond motifs is 1. The molecule has 0 bridgehead atoms. The van der Waals surface area contributed by atoms with Crippen LogP contribution in [0.25, 0.3) is 28.0 Å². The van der Waals surface area contributed by atoms with E-state index < -0.39 is 0 Å². The van der Waals surface area contributed by atoms with E-state index in [0.29, 0.717) is 11.0 Å². The Morgan fingerprint density at radius 2 is 1.79 bits per heavy atom. The maximum Gasteiger partial charge on any atom is 0.250 e. The second kappa shape index (κ2) is 11.2. The van der Waals surface area contributed by atoms with Crippen molar-refractivity contribution in [3.8, 4) is 22.8 Å². The molecule has 0 aliphatic rings. The summed E-state index contributed by atoms with van der Waals surface area (Å²) in [5.74, 6) is 1.34. The quantitative estimate of drug-likeness (QED) is 0.144. The summed E-state index contributed by atoms with van der Waals surface area (Å²) in [6.45, 7) is 6.56. The fourth-order valence-corrected chi connectivity index (χ4v) is 4.91. The number of nitrogens with one attached hydrogen (secondary N) is 2. The van der Waals surface area contributed by atoms with E-state index in [1.165, 1.54) is 17.3 Å². The summed E-state index contributed by atoms with van der Waals surface area (Å²) < 4.78 is 7.29. The third kappa shape index (κ3) is 5.88. The molecule has 8 nitrogen and oxygen atoms in total. The number of thioether (sulfide) groups is 1. The number of methoxy groups -OCH3 is 1. The van der Waals surface area contributed by atoms with Gasteiger partial charge in [0.05, 0.1) is 19.1 Å². The van der Waals surface area contributed by atoms with E-state index in [2.05, 4.69) is 70.7 Å². The first kappa shape index (κ1) is 26.2. The van der Waals surface area contributed by atoms with Crippen molar-refractivity contribution in [2.75, 3.05) is 12.9 Å². The Hall–Kier alpha value is -4.37. The molecule has 0 saturated carbocycles. The molecule has 1 amide bonds. The topological polar surface area (TPSA) is 97.2 Å². The Morgan fingerprint density at radius 3 is 2.51 bits per heavy atom. The predicted octanol–water partition coefficient (Wildman–Crippen LogP) is 5.96. The van der Waals surface area contributed by atoms with Crippen molar-refractivity contribution in [3.05, 3.63) is 90.1 Å². The van der Waals surface area contributed by atoms with Crippen molar-refractivity contribution in [2.24, 2.45) is 5.10 Å². The molecule has 198 valence electrons. The van der Waals surface area contributed by atoms with E-state index in [1.807, 2.05) is 59.3 Å². The first-order chi connectivity index (χ1) is 18.8. The Balaban J connectivity index is 1.35. The van der Waals surface area contributed by atoms with Crippen LogP contribution in [-0.4, -0.2) is 44.7 Å². The number of nitrogens with zero attached hydrogens (tertiary/aromatic N) is 4. The first-order valence-corrected chi connectivity index (χ1v) is 13.5. The van der Waals surface area contributed by atoms with Crippen LogP contribution in [0.15, 0.2) is 89.3 Å².